The highest BCUT2D eigenvalue weighted by molar-refractivity contribution is 7.11. The maximum atomic E-state index is 12.6. The van der Waals surface area contributed by atoms with Crippen molar-refractivity contribution in [3.63, 3.8) is 0 Å². The van der Waals surface area contributed by atoms with Gasteiger partial charge in [0.2, 0.25) is 0 Å². The van der Waals surface area contributed by atoms with Crippen molar-refractivity contribution in [3.8, 4) is 5.69 Å². The quantitative estimate of drug-likeness (QED) is 0.690. The molecule has 0 radical (unpaired) electrons. The van der Waals surface area contributed by atoms with Crippen molar-refractivity contribution >= 4 is 40.2 Å². The monoisotopic (exact) mass is 394 g/mol. The van der Waals surface area contributed by atoms with E-state index in [1.54, 1.807) is 23.5 Å². The van der Waals surface area contributed by atoms with Gasteiger partial charge in [0.05, 0.1) is 23.6 Å². The van der Waals surface area contributed by atoms with Crippen LogP contribution in [0.4, 0.5) is 5.69 Å². The van der Waals surface area contributed by atoms with E-state index in [0.717, 1.165) is 15.4 Å². The molecule has 25 heavy (non-hydrogen) atoms. The Morgan fingerprint density at radius 1 is 1.24 bits per heavy atom. The third-order valence-corrected chi connectivity index (χ3v) is 5.57. The van der Waals surface area contributed by atoms with E-state index in [0.29, 0.717) is 16.4 Å². The summed E-state index contributed by atoms with van der Waals surface area (Å²) in [4.78, 5) is 18.0. The lowest BCUT2D eigenvalue weighted by molar-refractivity contribution is 0.798. The molecular formula is C17H16Cl2N4OS. The van der Waals surface area contributed by atoms with Crippen LogP contribution in [0.2, 0.25) is 10.0 Å². The topological polar surface area (TPSA) is 59.8 Å². The fraction of sp³-hybridized carbons (Fsp3) is 0.235. The van der Waals surface area contributed by atoms with Crippen molar-refractivity contribution in [1.29, 1.82) is 0 Å². The van der Waals surface area contributed by atoms with Gasteiger partial charge in [-0.2, -0.15) is 9.78 Å². The van der Waals surface area contributed by atoms with E-state index in [9.17, 15) is 4.79 Å². The number of nitrogens with zero attached hydrogens (tertiary/aromatic N) is 3. The first-order valence-corrected chi connectivity index (χ1v) is 9.17. The van der Waals surface area contributed by atoms with Crippen LogP contribution in [-0.2, 0) is 0 Å². The number of thiazole rings is 1. The Hall–Kier alpha value is -1.89. The number of benzene rings is 1. The number of aryl methyl sites for hydroxylation is 2. The fourth-order valence-corrected chi connectivity index (χ4v) is 3.43. The predicted octanol–water partition coefficient (Wildman–Crippen LogP) is 4.79. The Bertz CT molecular complexity index is 983. The smallest absolute Gasteiger partial charge is 0.292 e. The molecule has 0 saturated heterocycles. The summed E-state index contributed by atoms with van der Waals surface area (Å²) in [6, 6.07) is 5.22. The van der Waals surface area contributed by atoms with Crippen LogP contribution in [-0.4, -0.2) is 14.8 Å². The lowest BCUT2D eigenvalue weighted by Gasteiger charge is -2.14. The number of hydrogen-bond acceptors (Lipinski definition) is 5. The van der Waals surface area contributed by atoms with E-state index < -0.39 is 5.56 Å². The van der Waals surface area contributed by atoms with Gasteiger partial charge in [-0.25, -0.2) is 4.98 Å². The summed E-state index contributed by atoms with van der Waals surface area (Å²) in [5.41, 5.74) is 1.56. The standard InChI is InChI=1S/C17H16Cl2N4OS/c1-9-4-5-12(6-13(9)18)23-17(24)15(19)14(8-21-23)22-11(3)16-20-7-10(2)25-16/h4-8,11,22H,1-3H3. The van der Waals surface area contributed by atoms with Crippen LogP contribution >= 0.6 is 34.5 Å². The normalized spacial score (nSPS) is 12.2. The second-order valence-corrected chi connectivity index (χ2v) is 7.75. The molecule has 1 N–H and O–H groups in total. The SMILES string of the molecule is Cc1cnc(C(C)Nc2cnn(-c3ccc(C)c(Cl)c3)c(=O)c2Cl)s1. The zero-order valence-electron chi connectivity index (χ0n) is 13.9. The summed E-state index contributed by atoms with van der Waals surface area (Å²) >= 11 is 14.0. The second kappa shape index (κ2) is 7.15. The zero-order valence-corrected chi connectivity index (χ0v) is 16.2. The molecule has 0 aliphatic rings. The van der Waals surface area contributed by atoms with E-state index in [-0.39, 0.29) is 11.1 Å². The molecule has 0 spiro atoms. The van der Waals surface area contributed by atoms with E-state index in [4.69, 9.17) is 23.2 Å². The van der Waals surface area contributed by atoms with Crippen molar-refractivity contribution in [1.82, 2.24) is 14.8 Å². The Labute approximate surface area is 159 Å². The summed E-state index contributed by atoms with van der Waals surface area (Å²) < 4.78 is 1.23. The molecule has 2 heterocycles. The maximum absolute atomic E-state index is 12.6. The van der Waals surface area contributed by atoms with Crippen LogP contribution in [0.5, 0.6) is 0 Å². The molecule has 8 heteroatoms. The van der Waals surface area contributed by atoms with Crippen LogP contribution in [0.25, 0.3) is 5.69 Å². The van der Waals surface area contributed by atoms with Crippen molar-refractivity contribution in [2.45, 2.75) is 26.8 Å². The molecule has 1 unspecified atom stereocenters. The highest BCUT2D eigenvalue weighted by atomic mass is 35.5. The Kier molecular flexibility index (Phi) is 5.13. The fourth-order valence-electron chi connectivity index (χ4n) is 2.30. The van der Waals surface area contributed by atoms with Crippen molar-refractivity contribution in [2.75, 3.05) is 5.32 Å². The van der Waals surface area contributed by atoms with Gasteiger partial charge in [-0.3, -0.25) is 4.79 Å². The predicted molar refractivity (Wildman–Crippen MR) is 103 cm³/mol. The Balaban J connectivity index is 1.92. The van der Waals surface area contributed by atoms with E-state index in [1.807, 2.05) is 33.0 Å². The zero-order chi connectivity index (χ0) is 18.1. The number of nitrogens with one attached hydrogen (secondary N) is 1. The van der Waals surface area contributed by atoms with Gasteiger partial charge in [-0.1, -0.05) is 29.3 Å². The molecule has 3 aromatic rings. The van der Waals surface area contributed by atoms with Gasteiger partial charge in [0, 0.05) is 16.1 Å². The van der Waals surface area contributed by atoms with Gasteiger partial charge in [0.1, 0.15) is 10.0 Å². The van der Waals surface area contributed by atoms with Crippen molar-refractivity contribution in [2.24, 2.45) is 0 Å². The molecule has 0 fully saturated rings. The van der Waals surface area contributed by atoms with Gasteiger partial charge in [0.25, 0.3) is 5.56 Å². The first-order valence-electron chi connectivity index (χ1n) is 7.60. The third kappa shape index (κ3) is 3.71. The number of rotatable bonds is 4. The molecule has 0 saturated carbocycles. The molecule has 0 bridgehead atoms. The summed E-state index contributed by atoms with van der Waals surface area (Å²) in [5.74, 6) is 0. The summed E-state index contributed by atoms with van der Waals surface area (Å²) in [6.07, 6.45) is 3.35. The van der Waals surface area contributed by atoms with Crippen LogP contribution in [0, 0.1) is 13.8 Å². The van der Waals surface area contributed by atoms with Crippen molar-refractivity contribution in [3.05, 3.63) is 66.4 Å². The van der Waals surface area contributed by atoms with Gasteiger partial charge in [-0.05, 0) is 38.5 Å². The Morgan fingerprint density at radius 2 is 2.00 bits per heavy atom. The van der Waals surface area contributed by atoms with Gasteiger partial charge in [-0.15, -0.1) is 11.3 Å². The summed E-state index contributed by atoms with van der Waals surface area (Å²) in [5, 5.41) is 8.97. The molecule has 0 amide bonds. The average Bonchev–Trinajstić information content (AvgIpc) is 3.01. The van der Waals surface area contributed by atoms with Crippen LogP contribution in [0.3, 0.4) is 0 Å². The summed E-state index contributed by atoms with van der Waals surface area (Å²) in [6.45, 7) is 5.85. The van der Waals surface area contributed by atoms with E-state index in [1.165, 1.54) is 10.9 Å². The van der Waals surface area contributed by atoms with Gasteiger partial charge >= 0.3 is 0 Å². The van der Waals surface area contributed by atoms with Crippen LogP contribution < -0.4 is 10.9 Å². The molecule has 0 aliphatic heterocycles. The van der Waals surface area contributed by atoms with Gasteiger partial charge < -0.3 is 5.32 Å². The number of anilines is 1. The Morgan fingerprint density at radius 3 is 2.64 bits per heavy atom. The minimum absolute atomic E-state index is 0.0758. The first kappa shape index (κ1) is 17.9. The molecule has 3 rings (SSSR count). The lowest BCUT2D eigenvalue weighted by atomic mass is 10.2. The van der Waals surface area contributed by atoms with Gasteiger partial charge in [0.15, 0.2) is 0 Å². The highest BCUT2D eigenvalue weighted by Crippen LogP contribution is 2.26. The van der Waals surface area contributed by atoms with E-state index in [2.05, 4.69) is 15.4 Å². The third-order valence-electron chi connectivity index (χ3n) is 3.70. The van der Waals surface area contributed by atoms with E-state index >= 15 is 0 Å². The molecule has 0 aliphatic carbocycles. The number of halogens is 2. The molecule has 2 aromatic heterocycles. The highest BCUT2D eigenvalue weighted by Gasteiger charge is 2.15. The minimum Gasteiger partial charge on any atom is -0.373 e. The lowest BCUT2D eigenvalue weighted by Crippen LogP contribution is -2.23. The summed E-state index contributed by atoms with van der Waals surface area (Å²) in [7, 11) is 0. The maximum Gasteiger partial charge on any atom is 0.292 e. The second-order valence-electron chi connectivity index (χ2n) is 5.70. The molecular weight excluding hydrogens is 379 g/mol. The number of hydrogen-bond donors (Lipinski definition) is 1. The largest absolute Gasteiger partial charge is 0.373 e. The molecule has 5 nitrogen and oxygen atoms in total. The van der Waals surface area contributed by atoms with Crippen LogP contribution in [0.1, 0.15) is 28.4 Å². The van der Waals surface area contributed by atoms with Crippen LogP contribution in [0.15, 0.2) is 35.4 Å². The molecule has 1 atom stereocenters. The molecule has 1 aromatic carbocycles. The van der Waals surface area contributed by atoms with Crippen molar-refractivity contribution < 1.29 is 0 Å². The number of aromatic nitrogens is 3. The molecule has 130 valence electrons. The first-order chi connectivity index (χ1) is 11.9. The minimum atomic E-state index is -0.408. The average molecular weight is 395 g/mol.